The number of nitrogens with one attached hydrogen (secondary N) is 1. The summed E-state index contributed by atoms with van der Waals surface area (Å²) >= 11 is 3.23. The molecule has 1 aromatic carbocycles. The van der Waals surface area contributed by atoms with Gasteiger partial charge in [0.25, 0.3) is 0 Å². The number of carbonyl (C=O) groups excluding carboxylic acids is 1. The molecule has 0 bridgehead atoms. The average molecular weight is 309 g/mol. The van der Waals surface area contributed by atoms with Gasteiger partial charge in [-0.05, 0) is 30.3 Å². The summed E-state index contributed by atoms with van der Waals surface area (Å²) in [6.45, 7) is 0. The van der Waals surface area contributed by atoms with Crippen LogP contribution in [0.25, 0.3) is 0 Å². The monoisotopic (exact) mass is 308 g/mol. The van der Waals surface area contributed by atoms with Crippen molar-refractivity contribution in [3.05, 3.63) is 52.4 Å². The first kappa shape index (κ1) is 12.4. The van der Waals surface area contributed by atoms with E-state index in [1.165, 1.54) is 24.6 Å². The highest BCUT2D eigenvalue weighted by Gasteiger charge is 2.06. The molecule has 0 saturated heterocycles. The minimum absolute atomic E-state index is 0.0698. The van der Waals surface area contributed by atoms with Crippen molar-refractivity contribution < 1.29 is 14.3 Å². The summed E-state index contributed by atoms with van der Waals surface area (Å²) in [5, 5.41) is 13.3. The summed E-state index contributed by atoms with van der Waals surface area (Å²) in [5.74, 6) is -0.208. The van der Waals surface area contributed by atoms with E-state index in [9.17, 15) is 9.90 Å². The first-order valence-electron chi connectivity index (χ1n) is 5.02. The van der Waals surface area contributed by atoms with Gasteiger partial charge < -0.3 is 9.52 Å². The summed E-state index contributed by atoms with van der Waals surface area (Å²) in [7, 11) is 0. The predicted octanol–water partition coefficient (Wildman–Crippen LogP) is 2.51. The second-order valence-electron chi connectivity index (χ2n) is 3.38. The molecule has 1 heterocycles. The second kappa shape index (κ2) is 5.50. The first-order valence-corrected chi connectivity index (χ1v) is 5.81. The summed E-state index contributed by atoms with van der Waals surface area (Å²) in [4.78, 5) is 11.4. The number of phenols is 1. The van der Waals surface area contributed by atoms with E-state index in [0.29, 0.717) is 5.56 Å². The molecule has 0 fully saturated rings. The van der Waals surface area contributed by atoms with Gasteiger partial charge in [0.2, 0.25) is 0 Å². The van der Waals surface area contributed by atoms with E-state index in [1.807, 2.05) is 0 Å². The summed E-state index contributed by atoms with van der Waals surface area (Å²) in [6.07, 6.45) is 2.75. The van der Waals surface area contributed by atoms with Crippen molar-refractivity contribution in [2.75, 3.05) is 0 Å². The zero-order chi connectivity index (χ0) is 13.0. The lowest BCUT2D eigenvalue weighted by molar-refractivity contribution is 0.0927. The molecule has 6 heteroatoms. The van der Waals surface area contributed by atoms with Gasteiger partial charge in [-0.1, -0.05) is 15.9 Å². The maximum atomic E-state index is 11.4. The Labute approximate surface area is 111 Å². The Balaban J connectivity index is 2.01. The summed E-state index contributed by atoms with van der Waals surface area (Å²) in [6, 6.07) is 8.11. The highest BCUT2D eigenvalue weighted by Crippen LogP contribution is 2.20. The largest absolute Gasteiger partial charge is 0.507 e. The molecule has 0 aliphatic heterocycles. The fourth-order valence-electron chi connectivity index (χ4n) is 1.25. The van der Waals surface area contributed by atoms with Crippen LogP contribution in [-0.4, -0.2) is 17.2 Å². The van der Waals surface area contributed by atoms with Gasteiger partial charge >= 0.3 is 5.91 Å². The third-order valence-corrected chi connectivity index (χ3v) is 2.60. The quantitative estimate of drug-likeness (QED) is 0.676. The minimum atomic E-state index is -0.451. The summed E-state index contributed by atoms with van der Waals surface area (Å²) in [5.41, 5.74) is 2.79. The van der Waals surface area contributed by atoms with Crippen molar-refractivity contribution in [1.82, 2.24) is 5.43 Å². The van der Waals surface area contributed by atoms with Gasteiger partial charge in [-0.3, -0.25) is 4.79 Å². The Morgan fingerprint density at radius 3 is 2.94 bits per heavy atom. The van der Waals surface area contributed by atoms with Gasteiger partial charge in [-0.15, -0.1) is 0 Å². The molecule has 0 saturated carbocycles. The second-order valence-corrected chi connectivity index (χ2v) is 4.30. The zero-order valence-electron chi connectivity index (χ0n) is 9.13. The van der Waals surface area contributed by atoms with E-state index in [1.54, 1.807) is 18.2 Å². The fourth-order valence-corrected chi connectivity index (χ4v) is 1.60. The summed E-state index contributed by atoms with van der Waals surface area (Å²) < 4.78 is 5.66. The number of carbonyl (C=O) groups is 1. The molecule has 0 spiro atoms. The molecule has 1 aromatic heterocycles. The van der Waals surface area contributed by atoms with Crippen LogP contribution < -0.4 is 5.43 Å². The van der Waals surface area contributed by atoms with E-state index in [0.717, 1.165) is 4.47 Å². The van der Waals surface area contributed by atoms with Crippen molar-refractivity contribution in [1.29, 1.82) is 0 Å². The molecular weight excluding hydrogens is 300 g/mol. The number of rotatable bonds is 3. The Hall–Kier alpha value is -2.08. The van der Waals surface area contributed by atoms with Crippen LogP contribution in [0.4, 0.5) is 0 Å². The number of hydrazone groups is 1. The number of furan rings is 1. The smallest absolute Gasteiger partial charge is 0.307 e. The molecule has 2 rings (SSSR count). The minimum Gasteiger partial charge on any atom is -0.507 e. The number of aromatic hydroxyl groups is 1. The van der Waals surface area contributed by atoms with Crippen molar-refractivity contribution in [3.63, 3.8) is 0 Å². The van der Waals surface area contributed by atoms with Crippen LogP contribution in [0.15, 0.2) is 50.6 Å². The van der Waals surface area contributed by atoms with Crippen LogP contribution >= 0.6 is 15.9 Å². The van der Waals surface area contributed by atoms with E-state index < -0.39 is 5.91 Å². The third-order valence-electron chi connectivity index (χ3n) is 2.11. The molecular formula is C12H9BrN2O3. The van der Waals surface area contributed by atoms with Gasteiger partial charge in [-0.25, -0.2) is 5.43 Å². The van der Waals surface area contributed by atoms with Crippen molar-refractivity contribution in [3.8, 4) is 5.75 Å². The number of halogens is 1. The molecule has 2 aromatic rings. The van der Waals surface area contributed by atoms with Crippen LogP contribution in [0.5, 0.6) is 5.75 Å². The van der Waals surface area contributed by atoms with Crippen molar-refractivity contribution >= 4 is 28.1 Å². The Morgan fingerprint density at radius 2 is 2.28 bits per heavy atom. The van der Waals surface area contributed by atoms with Crippen LogP contribution in [-0.2, 0) is 0 Å². The lowest BCUT2D eigenvalue weighted by atomic mass is 10.2. The van der Waals surface area contributed by atoms with E-state index >= 15 is 0 Å². The maximum Gasteiger partial charge on any atom is 0.307 e. The van der Waals surface area contributed by atoms with E-state index in [4.69, 9.17) is 4.42 Å². The molecule has 18 heavy (non-hydrogen) atoms. The number of hydrogen-bond donors (Lipinski definition) is 2. The standard InChI is InChI=1S/C12H9BrN2O3/c13-9-4-3-8(10(16)6-9)7-14-15-12(17)11-2-1-5-18-11/h1-7,16H,(H,15,17)/b14-7+. The number of nitrogens with zero attached hydrogens (tertiary/aromatic N) is 1. The van der Waals surface area contributed by atoms with Gasteiger partial charge in [0.15, 0.2) is 5.76 Å². The van der Waals surface area contributed by atoms with E-state index in [2.05, 4.69) is 26.5 Å². The molecule has 0 unspecified atom stereocenters. The molecule has 0 aliphatic rings. The number of benzene rings is 1. The number of phenolic OH excluding ortho intramolecular Hbond substituents is 1. The highest BCUT2D eigenvalue weighted by molar-refractivity contribution is 9.10. The van der Waals surface area contributed by atoms with Crippen LogP contribution in [0.2, 0.25) is 0 Å². The van der Waals surface area contributed by atoms with Crippen LogP contribution in [0.1, 0.15) is 16.1 Å². The fraction of sp³-hybridized carbons (Fsp3) is 0. The van der Waals surface area contributed by atoms with Crippen LogP contribution in [0, 0.1) is 0 Å². The van der Waals surface area contributed by atoms with Gasteiger partial charge in [0.1, 0.15) is 5.75 Å². The maximum absolute atomic E-state index is 11.4. The zero-order valence-corrected chi connectivity index (χ0v) is 10.7. The first-order chi connectivity index (χ1) is 8.66. The lowest BCUT2D eigenvalue weighted by Crippen LogP contribution is -2.16. The van der Waals surface area contributed by atoms with Crippen molar-refractivity contribution in [2.45, 2.75) is 0 Å². The number of hydrogen-bond acceptors (Lipinski definition) is 4. The third kappa shape index (κ3) is 2.98. The van der Waals surface area contributed by atoms with Crippen LogP contribution in [0.3, 0.4) is 0 Å². The Bertz CT molecular complexity index is 579. The van der Waals surface area contributed by atoms with Gasteiger partial charge in [-0.2, -0.15) is 5.10 Å². The molecule has 0 radical (unpaired) electrons. The SMILES string of the molecule is O=C(N/N=C/c1ccc(Br)cc1O)c1ccco1. The molecule has 1 amide bonds. The van der Waals surface area contributed by atoms with Crippen molar-refractivity contribution in [2.24, 2.45) is 5.10 Å². The average Bonchev–Trinajstić information content (AvgIpc) is 2.85. The molecule has 0 aliphatic carbocycles. The normalized spacial score (nSPS) is 10.7. The predicted molar refractivity (Wildman–Crippen MR) is 69.6 cm³/mol. The molecule has 2 N–H and O–H groups in total. The Kier molecular flexibility index (Phi) is 3.78. The molecule has 5 nitrogen and oxygen atoms in total. The number of amides is 1. The molecule has 92 valence electrons. The Morgan fingerprint density at radius 1 is 1.44 bits per heavy atom. The molecule has 0 atom stereocenters. The van der Waals surface area contributed by atoms with E-state index in [-0.39, 0.29) is 11.5 Å². The van der Waals surface area contributed by atoms with Gasteiger partial charge in [0.05, 0.1) is 12.5 Å². The van der Waals surface area contributed by atoms with Gasteiger partial charge in [0, 0.05) is 10.0 Å². The topological polar surface area (TPSA) is 74.8 Å². The highest BCUT2D eigenvalue weighted by atomic mass is 79.9. The lowest BCUT2D eigenvalue weighted by Gasteiger charge is -1.99.